The van der Waals surface area contributed by atoms with Crippen LogP contribution in [0, 0.1) is 0 Å². The molecule has 0 radical (unpaired) electrons. The molecule has 0 aromatic heterocycles. The fourth-order valence-corrected chi connectivity index (χ4v) is 3.05. The van der Waals surface area contributed by atoms with E-state index in [0.717, 1.165) is 12.8 Å². The van der Waals surface area contributed by atoms with Crippen LogP contribution in [0.15, 0.2) is 18.2 Å². The van der Waals surface area contributed by atoms with Gasteiger partial charge >= 0.3 is 12.0 Å². The lowest BCUT2D eigenvalue weighted by molar-refractivity contribution is -0.143. The molecule has 8 heteroatoms. The fraction of sp³-hybridized carbons (Fsp3) is 0.500. The number of piperidine rings is 1. The predicted molar refractivity (Wildman–Crippen MR) is 99.7 cm³/mol. The zero-order valence-corrected chi connectivity index (χ0v) is 15.9. The van der Waals surface area contributed by atoms with Gasteiger partial charge in [0.25, 0.3) is 5.91 Å². The van der Waals surface area contributed by atoms with Gasteiger partial charge in [-0.15, -0.1) is 0 Å². The van der Waals surface area contributed by atoms with Crippen LogP contribution in [0.1, 0.15) is 50.4 Å². The quantitative estimate of drug-likeness (QED) is 0.747. The Labute approximate surface area is 157 Å². The third-order valence-corrected chi connectivity index (χ3v) is 4.32. The average Bonchev–Trinajstić information content (AvgIpc) is 2.54. The molecule has 3 amide bonds. The number of anilines is 1. The molecule has 1 saturated heterocycles. The second-order valence-electron chi connectivity index (χ2n) is 7.37. The highest BCUT2D eigenvalue weighted by atomic mass is 35.5. The number of likely N-dealkylation sites (tertiary alicyclic amines) is 1. The van der Waals surface area contributed by atoms with Crippen LogP contribution in [0.5, 0.6) is 0 Å². The van der Waals surface area contributed by atoms with Gasteiger partial charge in [0.1, 0.15) is 6.04 Å². The lowest BCUT2D eigenvalue weighted by Gasteiger charge is -2.33. The van der Waals surface area contributed by atoms with E-state index in [9.17, 15) is 19.5 Å². The van der Waals surface area contributed by atoms with E-state index in [1.807, 2.05) is 20.8 Å². The number of carbonyl (C=O) groups is 3. The van der Waals surface area contributed by atoms with Crippen LogP contribution in [0.2, 0.25) is 5.02 Å². The third kappa shape index (κ3) is 5.11. The van der Waals surface area contributed by atoms with Crippen molar-refractivity contribution in [3.05, 3.63) is 28.8 Å². The summed E-state index contributed by atoms with van der Waals surface area (Å²) in [5, 5.41) is 15.0. The van der Waals surface area contributed by atoms with E-state index < -0.39 is 29.5 Å². The lowest BCUT2D eigenvalue weighted by atomic mass is 10.0. The summed E-state index contributed by atoms with van der Waals surface area (Å²) in [6.45, 7) is 5.93. The monoisotopic (exact) mass is 381 g/mol. The van der Waals surface area contributed by atoms with Crippen molar-refractivity contribution in [2.45, 2.75) is 51.6 Å². The van der Waals surface area contributed by atoms with E-state index >= 15 is 0 Å². The Morgan fingerprint density at radius 3 is 2.54 bits per heavy atom. The van der Waals surface area contributed by atoms with Crippen molar-refractivity contribution in [1.82, 2.24) is 10.2 Å². The Hall–Kier alpha value is -2.28. The van der Waals surface area contributed by atoms with Crippen LogP contribution >= 0.6 is 11.6 Å². The van der Waals surface area contributed by atoms with Gasteiger partial charge in [-0.1, -0.05) is 11.6 Å². The number of nitrogens with one attached hydrogen (secondary N) is 2. The van der Waals surface area contributed by atoms with Gasteiger partial charge in [-0.2, -0.15) is 0 Å². The first-order chi connectivity index (χ1) is 12.1. The Balaban J connectivity index is 2.22. The van der Waals surface area contributed by atoms with Crippen molar-refractivity contribution in [1.29, 1.82) is 0 Å². The number of hydrogen-bond donors (Lipinski definition) is 3. The van der Waals surface area contributed by atoms with Crippen LogP contribution in [-0.4, -0.2) is 46.0 Å². The van der Waals surface area contributed by atoms with E-state index in [0.29, 0.717) is 18.7 Å². The zero-order chi connectivity index (χ0) is 19.5. The van der Waals surface area contributed by atoms with E-state index in [4.69, 9.17) is 11.6 Å². The number of carboxylic acid groups (broad SMARTS) is 1. The third-order valence-electron chi connectivity index (χ3n) is 3.99. The minimum Gasteiger partial charge on any atom is -0.480 e. The summed E-state index contributed by atoms with van der Waals surface area (Å²) in [7, 11) is 0. The van der Waals surface area contributed by atoms with E-state index in [1.165, 1.54) is 17.0 Å². The number of rotatable bonds is 3. The molecule has 2 rings (SSSR count). The van der Waals surface area contributed by atoms with E-state index in [2.05, 4.69) is 10.6 Å². The molecule has 1 heterocycles. The summed E-state index contributed by atoms with van der Waals surface area (Å²) in [6, 6.07) is 3.32. The Morgan fingerprint density at radius 2 is 1.92 bits per heavy atom. The largest absolute Gasteiger partial charge is 0.480 e. The Kier molecular flexibility index (Phi) is 6.13. The molecule has 3 N–H and O–H groups in total. The normalized spacial score (nSPS) is 17.5. The predicted octanol–water partition coefficient (Wildman–Crippen LogP) is 3.34. The van der Waals surface area contributed by atoms with Crippen molar-refractivity contribution >= 4 is 35.2 Å². The number of halogens is 1. The molecule has 7 nitrogen and oxygen atoms in total. The van der Waals surface area contributed by atoms with Crippen molar-refractivity contribution in [2.75, 3.05) is 11.9 Å². The fourth-order valence-electron chi connectivity index (χ4n) is 2.86. The molecule has 0 spiro atoms. The molecule has 1 aliphatic rings. The smallest absolute Gasteiger partial charge is 0.326 e. The molecular weight excluding hydrogens is 358 g/mol. The van der Waals surface area contributed by atoms with Crippen molar-refractivity contribution in [3.8, 4) is 0 Å². The summed E-state index contributed by atoms with van der Waals surface area (Å²) in [6.07, 6.45) is 1.94. The number of aliphatic carboxylic acids is 1. The molecule has 142 valence electrons. The molecule has 1 atom stereocenters. The van der Waals surface area contributed by atoms with Gasteiger partial charge in [0, 0.05) is 17.8 Å². The summed E-state index contributed by atoms with van der Waals surface area (Å²) in [5.74, 6) is -1.46. The van der Waals surface area contributed by atoms with Gasteiger partial charge in [-0.3, -0.25) is 4.79 Å². The number of carboxylic acids is 1. The number of nitrogens with zero attached hydrogens (tertiary/aromatic N) is 1. The summed E-state index contributed by atoms with van der Waals surface area (Å²) in [4.78, 5) is 37.6. The van der Waals surface area contributed by atoms with Crippen molar-refractivity contribution in [2.24, 2.45) is 0 Å². The SMILES string of the molecule is CC(C)(C)NC(=O)Nc1ccc(Cl)c(C(=O)N2CCCC[C@@H]2C(=O)O)c1. The molecule has 0 saturated carbocycles. The van der Waals surface area contributed by atoms with Crippen LogP contribution in [0.4, 0.5) is 10.5 Å². The number of carbonyl (C=O) groups excluding carboxylic acids is 2. The Morgan fingerprint density at radius 1 is 1.23 bits per heavy atom. The van der Waals surface area contributed by atoms with Gasteiger partial charge in [0.05, 0.1) is 10.6 Å². The number of hydrogen-bond acceptors (Lipinski definition) is 3. The number of urea groups is 1. The Bertz CT molecular complexity index is 715. The first kappa shape index (κ1) is 20.0. The molecular formula is C18H24ClN3O4. The lowest BCUT2D eigenvalue weighted by Crippen LogP contribution is -2.48. The number of amides is 3. The van der Waals surface area contributed by atoms with E-state index in [1.54, 1.807) is 6.07 Å². The van der Waals surface area contributed by atoms with Gasteiger partial charge in [0.15, 0.2) is 0 Å². The van der Waals surface area contributed by atoms with Crippen molar-refractivity contribution in [3.63, 3.8) is 0 Å². The highest BCUT2D eigenvalue weighted by Gasteiger charge is 2.33. The average molecular weight is 382 g/mol. The van der Waals surface area contributed by atoms with Crippen LogP contribution in [-0.2, 0) is 4.79 Å². The summed E-state index contributed by atoms with van der Waals surface area (Å²) in [5.41, 5.74) is 0.175. The molecule has 26 heavy (non-hydrogen) atoms. The molecule has 1 fully saturated rings. The second-order valence-corrected chi connectivity index (χ2v) is 7.78. The maximum Gasteiger partial charge on any atom is 0.326 e. The zero-order valence-electron chi connectivity index (χ0n) is 15.1. The minimum atomic E-state index is -1.02. The van der Waals surface area contributed by atoms with Gasteiger partial charge < -0.3 is 20.6 Å². The minimum absolute atomic E-state index is 0.174. The van der Waals surface area contributed by atoms with E-state index in [-0.39, 0.29) is 10.6 Å². The van der Waals surface area contributed by atoms with Gasteiger partial charge in [0.2, 0.25) is 0 Å². The van der Waals surface area contributed by atoms with Crippen molar-refractivity contribution < 1.29 is 19.5 Å². The molecule has 1 aromatic rings. The molecule has 0 aliphatic carbocycles. The van der Waals surface area contributed by atoms with Crippen LogP contribution in [0.25, 0.3) is 0 Å². The second kappa shape index (κ2) is 7.95. The van der Waals surface area contributed by atoms with Gasteiger partial charge in [-0.05, 0) is 58.2 Å². The highest BCUT2D eigenvalue weighted by Crippen LogP contribution is 2.26. The first-order valence-corrected chi connectivity index (χ1v) is 8.89. The first-order valence-electron chi connectivity index (χ1n) is 8.51. The molecule has 0 unspecified atom stereocenters. The molecule has 0 bridgehead atoms. The maximum atomic E-state index is 12.9. The summed E-state index contributed by atoms with van der Waals surface area (Å²) < 4.78 is 0. The van der Waals surface area contributed by atoms with Crippen LogP contribution < -0.4 is 10.6 Å². The summed E-state index contributed by atoms with van der Waals surface area (Å²) >= 11 is 6.16. The topological polar surface area (TPSA) is 98.7 Å². The number of benzene rings is 1. The maximum absolute atomic E-state index is 12.9. The standard InChI is InChI=1S/C18H24ClN3O4/c1-18(2,3)21-17(26)20-11-7-8-13(19)12(10-11)15(23)22-9-5-4-6-14(22)16(24)25/h7-8,10,14H,4-6,9H2,1-3H3,(H,24,25)(H2,20,21,26)/t14-/m1/s1. The molecule has 1 aliphatic heterocycles. The highest BCUT2D eigenvalue weighted by molar-refractivity contribution is 6.34. The molecule has 1 aromatic carbocycles. The van der Waals surface area contributed by atoms with Gasteiger partial charge in [-0.25, -0.2) is 9.59 Å². The van der Waals surface area contributed by atoms with Crippen LogP contribution in [0.3, 0.4) is 0 Å².